The molecule has 22 heavy (non-hydrogen) atoms. The highest BCUT2D eigenvalue weighted by molar-refractivity contribution is 5.37. The van der Waals surface area contributed by atoms with Crippen LogP contribution in [0.5, 0.6) is 0 Å². The molecule has 2 aliphatic heterocycles. The molecule has 2 heterocycles. The lowest BCUT2D eigenvalue weighted by molar-refractivity contribution is 0.0224. The van der Waals surface area contributed by atoms with Crippen LogP contribution in [0.25, 0.3) is 0 Å². The molecule has 0 bridgehead atoms. The van der Waals surface area contributed by atoms with Gasteiger partial charge < -0.3 is 4.74 Å². The molecule has 0 aromatic heterocycles. The fourth-order valence-corrected chi connectivity index (χ4v) is 3.60. The molecule has 2 aliphatic rings. The zero-order valence-electron chi connectivity index (χ0n) is 13.2. The Kier molecular flexibility index (Phi) is 5.44. The third-order valence-corrected chi connectivity index (χ3v) is 4.75. The third-order valence-electron chi connectivity index (χ3n) is 4.75. The van der Waals surface area contributed by atoms with Gasteiger partial charge in [-0.15, -0.1) is 0 Å². The molecule has 4 heteroatoms. The predicted octanol–water partition coefficient (Wildman–Crippen LogP) is 2.10. The minimum absolute atomic E-state index is 0.751. The average Bonchev–Trinajstić information content (AvgIpc) is 2.57. The molecule has 0 aliphatic carbocycles. The first-order valence-electron chi connectivity index (χ1n) is 8.35. The maximum Gasteiger partial charge on any atom is 0.0995 e. The molecule has 0 spiro atoms. The maximum atomic E-state index is 9.23. The van der Waals surface area contributed by atoms with Crippen LogP contribution in [0.4, 0.5) is 0 Å². The molecule has 118 valence electrons. The van der Waals surface area contributed by atoms with E-state index in [9.17, 15) is 5.26 Å². The van der Waals surface area contributed by atoms with E-state index in [4.69, 9.17) is 4.74 Å². The van der Waals surface area contributed by atoms with E-state index in [1.807, 2.05) is 18.2 Å². The van der Waals surface area contributed by atoms with Crippen molar-refractivity contribution in [2.75, 3.05) is 45.9 Å². The normalized spacial score (nSPS) is 24.0. The third kappa shape index (κ3) is 4.07. The Hall–Kier alpha value is -1.41. The predicted molar refractivity (Wildman–Crippen MR) is 86.4 cm³/mol. The monoisotopic (exact) mass is 299 g/mol. The zero-order valence-corrected chi connectivity index (χ0v) is 13.2. The van der Waals surface area contributed by atoms with Gasteiger partial charge in [0.2, 0.25) is 0 Å². The standard InChI is InChI=1S/C18H25N3O/c19-12-17-5-1-2-6-18(17)15-21-7-3-4-16(14-21)13-20-8-10-22-11-9-20/h1-2,5-6,16H,3-4,7-11,13-15H2/t16-/m0/s1. The maximum absolute atomic E-state index is 9.23. The summed E-state index contributed by atoms with van der Waals surface area (Å²) in [5, 5.41) is 9.23. The van der Waals surface area contributed by atoms with Crippen LogP contribution < -0.4 is 0 Å². The van der Waals surface area contributed by atoms with Crippen molar-refractivity contribution in [3.8, 4) is 6.07 Å². The molecule has 1 aromatic rings. The van der Waals surface area contributed by atoms with Gasteiger partial charge in [-0.1, -0.05) is 18.2 Å². The molecule has 1 aromatic carbocycles. The van der Waals surface area contributed by atoms with E-state index in [2.05, 4.69) is 21.9 Å². The van der Waals surface area contributed by atoms with Crippen molar-refractivity contribution >= 4 is 0 Å². The molecule has 2 fully saturated rings. The van der Waals surface area contributed by atoms with Gasteiger partial charge in [0.25, 0.3) is 0 Å². The van der Waals surface area contributed by atoms with Crippen molar-refractivity contribution in [3.05, 3.63) is 35.4 Å². The number of rotatable bonds is 4. The highest BCUT2D eigenvalue weighted by atomic mass is 16.5. The number of piperidine rings is 1. The Morgan fingerprint density at radius 3 is 2.77 bits per heavy atom. The van der Waals surface area contributed by atoms with Crippen LogP contribution in [0.3, 0.4) is 0 Å². The Morgan fingerprint density at radius 1 is 1.14 bits per heavy atom. The summed E-state index contributed by atoms with van der Waals surface area (Å²) in [6.45, 7) is 8.32. The van der Waals surface area contributed by atoms with Crippen molar-refractivity contribution in [1.82, 2.24) is 9.80 Å². The highest BCUT2D eigenvalue weighted by Gasteiger charge is 2.23. The minimum atomic E-state index is 0.751. The molecule has 3 rings (SSSR count). The van der Waals surface area contributed by atoms with Gasteiger partial charge in [0.1, 0.15) is 0 Å². The quantitative estimate of drug-likeness (QED) is 0.853. The molecule has 0 radical (unpaired) electrons. The summed E-state index contributed by atoms with van der Waals surface area (Å²) in [4.78, 5) is 5.06. The first-order chi connectivity index (χ1) is 10.8. The molecule has 1 atom stereocenters. The van der Waals surface area contributed by atoms with Gasteiger partial charge in [-0.25, -0.2) is 0 Å². The Bertz CT molecular complexity index is 519. The number of ether oxygens (including phenoxy) is 1. The van der Waals surface area contributed by atoms with E-state index < -0.39 is 0 Å². The number of hydrogen-bond donors (Lipinski definition) is 0. The minimum Gasteiger partial charge on any atom is -0.379 e. The van der Waals surface area contributed by atoms with Crippen molar-refractivity contribution < 1.29 is 4.74 Å². The van der Waals surface area contributed by atoms with Gasteiger partial charge in [-0.05, 0) is 36.9 Å². The van der Waals surface area contributed by atoms with Crippen molar-refractivity contribution in [2.24, 2.45) is 5.92 Å². The number of morpholine rings is 1. The summed E-state index contributed by atoms with van der Waals surface area (Å²) in [5.74, 6) is 0.751. The summed E-state index contributed by atoms with van der Waals surface area (Å²) >= 11 is 0. The molecule has 4 nitrogen and oxygen atoms in total. The second-order valence-corrected chi connectivity index (χ2v) is 6.43. The van der Waals surface area contributed by atoms with Crippen LogP contribution in [-0.4, -0.2) is 55.7 Å². The van der Waals surface area contributed by atoms with Gasteiger partial charge in [-0.3, -0.25) is 9.80 Å². The number of nitrogens with zero attached hydrogens (tertiary/aromatic N) is 3. The van der Waals surface area contributed by atoms with Gasteiger partial charge in [-0.2, -0.15) is 5.26 Å². The van der Waals surface area contributed by atoms with Crippen LogP contribution in [0.2, 0.25) is 0 Å². The van der Waals surface area contributed by atoms with Gasteiger partial charge >= 0.3 is 0 Å². The zero-order chi connectivity index (χ0) is 15.2. The summed E-state index contributed by atoms with van der Waals surface area (Å²) in [6, 6.07) is 10.3. The fourth-order valence-electron chi connectivity index (χ4n) is 3.60. The number of hydrogen-bond acceptors (Lipinski definition) is 4. The van der Waals surface area contributed by atoms with Crippen LogP contribution in [0.1, 0.15) is 24.0 Å². The first-order valence-corrected chi connectivity index (χ1v) is 8.35. The van der Waals surface area contributed by atoms with E-state index in [1.54, 1.807) is 0 Å². The van der Waals surface area contributed by atoms with Gasteiger partial charge in [0.15, 0.2) is 0 Å². The van der Waals surface area contributed by atoms with Crippen LogP contribution in [0, 0.1) is 17.2 Å². The SMILES string of the molecule is N#Cc1ccccc1CN1CCC[C@@H](CN2CCOCC2)C1. The number of likely N-dealkylation sites (tertiary alicyclic amines) is 1. The number of nitriles is 1. The van der Waals surface area contributed by atoms with E-state index in [1.165, 1.54) is 19.4 Å². The Labute approximate surface area is 133 Å². The fraction of sp³-hybridized carbons (Fsp3) is 0.611. The van der Waals surface area contributed by atoms with E-state index in [-0.39, 0.29) is 0 Å². The van der Waals surface area contributed by atoms with Crippen LogP contribution in [-0.2, 0) is 11.3 Å². The molecular formula is C18H25N3O. The smallest absolute Gasteiger partial charge is 0.0995 e. The average molecular weight is 299 g/mol. The molecular weight excluding hydrogens is 274 g/mol. The largest absolute Gasteiger partial charge is 0.379 e. The summed E-state index contributed by atoms with van der Waals surface area (Å²) in [7, 11) is 0. The molecule has 0 saturated carbocycles. The van der Waals surface area contributed by atoms with E-state index in [0.717, 1.165) is 63.0 Å². The highest BCUT2D eigenvalue weighted by Crippen LogP contribution is 2.21. The Morgan fingerprint density at radius 2 is 1.95 bits per heavy atom. The lowest BCUT2D eigenvalue weighted by atomic mass is 9.96. The summed E-state index contributed by atoms with van der Waals surface area (Å²) < 4.78 is 5.43. The van der Waals surface area contributed by atoms with Crippen LogP contribution >= 0.6 is 0 Å². The van der Waals surface area contributed by atoms with Crippen molar-refractivity contribution in [3.63, 3.8) is 0 Å². The van der Waals surface area contributed by atoms with Gasteiger partial charge in [0.05, 0.1) is 24.8 Å². The lowest BCUT2D eigenvalue weighted by Gasteiger charge is -2.36. The molecule has 2 saturated heterocycles. The Balaban J connectivity index is 1.55. The van der Waals surface area contributed by atoms with E-state index in [0.29, 0.717) is 0 Å². The summed E-state index contributed by atoms with van der Waals surface area (Å²) in [5.41, 5.74) is 1.98. The van der Waals surface area contributed by atoms with Crippen molar-refractivity contribution in [1.29, 1.82) is 5.26 Å². The first kappa shape index (κ1) is 15.5. The second-order valence-electron chi connectivity index (χ2n) is 6.43. The van der Waals surface area contributed by atoms with Gasteiger partial charge in [0, 0.05) is 32.7 Å². The lowest BCUT2D eigenvalue weighted by Crippen LogP contribution is -2.44. The van der Waals surface area contributed by atoms with Crippen molar-refractivity contribution in [2.45, 2.75) is 19.4 Å². The number of benzene rings is 1. The second kappa shape index (κ2) is 7.73. The molecule has 0 N–H and O–H groups in total. The summed E-state index contributed by atoms with van der Waals surface area (Å²) in [6.07, 6.45) is 2.59. The topological polar surface area (TPSA) is 39.5 Å². The van der Waals surface area contributed by atoms with E-state index >= 15 is 0 Å². The molecule has 0 unspecified atom stereocenters. The van der Waals surface area contributed by atoms with Crippen LogP contribution in [0.15, 0.2) is 24.3 Å². The molecule has 0 amide bonds.